The molecule has 4 aromatic rings. The van der Waals surface area contributed by atoms with Crippen LogP contribution in [0.1, 0.15) is 27.5 Å². The van der Waals surface area contributed by atoms with Crippen LogP contribution in [0.5, 0.6) is 0 Å². The van der Waals surface area contributed by atoms with Gasteiger partial charge in [0, 0.05) is 5.56 Å². The number of hydrogen-bond acceptors (Lipinski definition) is 3. The summed E-state index contributed by atoms with van der Waals surface area (Å²) in [5.74, 6) is -0.360. The zero-order valence-electron chi connectivity index (χ0n) is 18.6. The van der Waals surface area contributed by atoms with Crippen molar-refractivity contribution >= 4 is 27.4 Å². The molecule has 0 aliphatic carbocycles. The van der Waals surface area contributed by atoms with Gasteiger partial charge >= 0.3 is 0 Å². The van der Waals surface area contributed by atoms with Gasteiger partial charge in [-0.25, -0.2) is 13.1 Å². The van der Waals surface area contributed by atoms with E-state index in [1.54, 1.807) is 48.5 Å². The minimum atomic E-state index is -3.91. The summed E-state index contributed by atoms with van der Waals surface area (Å²) >= 11 is 6.67. The fraction of sp³-hybridized carbons (Fsp3) is 0.107. The maximum absolute atomic E-state index is 13.3. The Bertz CT molecular complexity index is 1360. The van der Waals surface area contributed by atoms with Gasteiger partial charge in [0.05, 0.1) is 10.9 Å². The Balaban J connectivity index is 1.62. The molecule has 0 radical (unpaired) electrons. The predicted molar refractivity (Wildman–Crippen MR) is 137 cm³/mol. The van der Waals surface area contributed by atoms with Crippen LogP contribution in [0.15, 0.2) is 114 Å². The van der Waals surface area contributed by atoms with Gasteiger partial charge in [0.2, 0.25) is 10.0 Å². The fourth-order valence-electron chi connectivity index (χ4n) is 3.68. The largest absolute Gasteiger partial charge is 0.292 e. The van der Waals surface area contributed by atoms with E-state index in [0.29, 0.717) is 11.1 Å². The number of hydrogen-bond donors (Lipinski definition) is 1. The third kappa shape index (κ3) is 5.45. The standard InChI is InChI=1S/C28H24ClNO3S/c1-20-12-18-25(19-13-20)34(32,33)30-27(23-10-6-3-7-11-23)26(29)28(31)24-16-14-22(15-17-24)21-8-4-2-5-9-21/h2-19,26-27,30H,1H3/t26-,27-/m1/s1. The second-order valence-corrected chi connectivity index (χ2v) is 10.2. The normalized spacial score (nSPS) is 13.2. The van der Waals surface area contributed by atoms with Crippen molar-refractivity contribution < 1.29 is 13.2 Å². The first-order valence-corrected chi connectivity index (χ1v) is 12.7. The summed E-state index contributed by atoms with van der Waals surface area (Å²) < 4.78 is 28.9. The molecule has 0 fully saturated rings. The minimum absolute atomic E-state index is 0.113. The van der Waals surface area contributed by atoms with Crippen LogP contribution in [-0.2, 0) is 10.0 Å². The number of aryl methyl sites for hydroxylation is 1. The number of nitrogens with one attached hydrogen (secondary N) is 1. The topological polar surface area (TPSA) is 63.2 Å². The Morgan fingerprint density at radius 2 is 1.26 bits per heavy atom. The van der Waals surface area contributed by atoms with E-state index in [0.717, 1.165) is 16.7 Å². The molecule has 172 valence electrons. The van der Waals surface area contributed by atoms with Gasteiger partial charge < -0.3 is 0 Å². The Hall–Kier alpha value is -3.25. The van der Waals surface area contributed by atoms with E-state index in [2.05, 4.69) is 4.72 Å². The van der Waals surface area contributed by atoms with E-state index in [9.17, 15) is 13.2 Å². The Labute approximate surface area is 205 Å². The average molecular weight is 490 g/mol. The molecular weight excluding hydrogens is 466 g/mol. The zero-order valence-corrected chi connectivity index (χ0v) is 20.1. The first kappa shape index (κ1) is 23.9. The predicted octanol–water partition coefficient (Wildman–Crippen LogP) is 6.17. The minimum Gasteiger partial charge on any atom is -0.292 e. The number of carbonyl (C=O) groups excluding carboxylic acids is 1. The molecule has 6 heteroatoms. The van der Waals surface area contributed by atoms with Crippen LogP contribution < -0.4 is 4.72 Å². The van der Waals surface area contributed by atoms with Crippen molar-refractivity contribution in [2.75, 3.05) is 0 Å². The first-order valence-electron chi connectivity index (χ1n) is 10.8. The van der Waals surface area contributed by atoms with Crippen LogP contribution >= 0.6 is 11.6 Å². The highest BCUT2D eigenvalue weighted by molar-refractivity contribution is 7.89. The van der Waals surface area contributed by atoms with Crippen LogP contribution in [-0.4, -0.2) is 19.6 Å². The van der Waals surface area contributed by atoms with Gasteiger partial charge in [0.25, 0.3) is 0 Å². The smallest absolute Gasteiger partial charge is 0.241 e. The van der Waals surface area contributed by atoms with E-state index in [4.69, 9.17) is 11.6 Å². The number of halogens is 1. The van der Waals surface area contributed by atoms with E-state index >= 15 is 0 Å². The number of ketones is 1. The second-order valence-electron chi connectivity index (χ2n) is 8.03. The lowest BCUT2D eigenvalue weighted by molar-refractivity contribution is 0.0977. The summed E-state index contributed by atoms with van der Waals surface area (Å²) in [6, 6.07) is 31.5. The van der Waals surface area contributed by atoms with Crippen molar-refractivity contribution in [1.29, 1.82) is 0 Å². The number of alkyl halides is 1. The molecule has 4 aromatic carbocycles. The third-order valence-corrected chi connectivity index (χ3v) is 7.50. The van der Waals surface area contributed by atoms with Gasteiger partial charge in [0.15, 0.2) is 5.78 Å². The van der Waals surface area contributed by atoms with E-state index in [1.807, 2.05) is 55.5 Å². The Morgan fingerprint density at radius 1 is 0.735 bits per heavy atom. The molecule has 4 rings (SSSR count). The lowest BCUT2D eigenvalue weighted by Crippen LogP contribution is -2.37. The SMILES string of the molecule is Cc1ccc(S(=O)(=O)N[C@H](c2ccccc2)[C@@H](Cl)C(=O)c2ccc(-c3ccccc3)cc2)cc1. The molecule has 0 amide bonds. The van der Waals surface area contributed by atoms with Crippen molar-refractivity contribution in [3.63, 3.8) is 0 Å². The molecule has 0 bridgehead atoms. The van der Waals surface area contributed by atoms with Crippen molar-refractivity contribution in [3.8, 4) is 11.1 Å². The molecule has 0 heterocycles. The van der Waals surface area contributed by atoms with Crippen molar-refractivity contribution in [2.45, 2.75) is 23.2 Å². The highest BCUT2D eigenvalue weighted by Crippen LogP contribution is 2.28. The molecule has 0 saturated carbocycles. The lowest BCUT2D eigenvalue weighted by Gasteiger charge is -2.23. The van der Waals surface area contributed by atoms with Crippen LogP contribution in [0.3, 0.4) is 0 Å². The van der Waals surface area contributed by atoms with Gasteiger partial charge in [-0.05, 0) is 35.7 Å². The van der Waals surface area contributed by atoms with Crippen molar-refractivity contribution in [1.82, 2.24) is 4.72 Å². The highest BCUT2D eigenvalue weighted by Gasteiger charge is 2.32. The highest BCUT2D eigenvalue weighted by atomic mass is 35.5. The number of benzene rings is 4. The number of Topliss-reactive ketones (excluding diaryl/α,β-unsaturated/α-hetero) is 1. The Kier molecular flexibility index (Phi) is 7.27. The summed E-state index contributed by atoms with van der Waals surface area (Å²) in [4.78, 5) is 13.4. The quantitative estimate of drug-likeness (QED) is 0.238. The van der Waals surface area contributed by atoms with Gasteiger partial charge in [0.1, 0.15) is 5.38 Å². The summed E-state index contributed by atoms with van der Waals surface area (Å²) in [7, 11) is -3.91. The van der Waals surface area contributed by atoms with Crippen LogP contribution in [0.2, 0.25) is 0 Å². The molecule has 34 heavy (non-hydrogen) atoms. The first-order chi connectivity index (χ1) is 16.3. The average Bonchev–Trinajstić information content (AvgIpc) is 2.88. The molecule has 4 nitrogen and oxygen atoms in total. The summed E-state index contributed by atoms with van der Waals surface area (Å²) in [5, 5.41) is -1.15. The molecule has 1 N–H and O–H groups in total. The van der Waals surface area contributed by atoms with Gasteiger partial charge in [-0.2, -0.15) is 0 Å². The second kappa shape index (κ2) is 10.3. The molecule has 0 aliphatic heterocycles. The Morgan fingerprint density at radius 3 is 1.85 bits per heavy atom. The van der Waals surface area contributed by atoms with Crippen LogP contribution in [0, 0.1) is 6.92 Å². The molecular formula is C28H24ClNO3S. The maximum atomic E-state index is 13.3. The number of sulfonamides is 1. The lowest BCUT2D eigenvalue weighted by atomic mass is 9.96. The number of rotatable bonds is 8. The van der Waals surface area contributed by atoms with E-state index < -0.39 is 21.4 Å². The van der Waals surface area contributed by atoms with E-state index in [-0.39, 0.29) is 10.7 Å². The van der Waals surface area contributed by atoms with E-state index in [1.165, 1.54) is 12.1 Å². The van der Waals surface area contributed by atoms with Crippen molar-refractivity contribution in [3.05, 3.63) is 126 Å². The molecule has 0 saturated heterocycles. The monoisotopic (exact) mass is 489 g/mol. The van der Waals surface area contributed by atoms with Gasteiger partial charge in [-0.15, -0.1) is 11.6 Å². The molecule has 0 aromatic heterocycles. The fourth-order valence-corrected chi connectivity index (χ4v) is 5.32. The van der Waals surface area contributed by atoms with Gasteiger partial charge in [-0.1, -0.05) is 103 Å². The molecule has 0 aliphatic rings. The molecule has 0 unspecified atom stereocenters. The number of carbonyl (C=O) groups is 1. The molecule has 0 spiro atoms. The maximum Gasteiger partial charge on any atom is 0.241 e. The zero-order chi connectivity index (χ0) is 24.1. The summed E-state index contributed by atoms with van der Waals surface area (Å²) in [6.45, 7) is 1.88. The summed E-state index contributed by atoms with van der Waals surface area (Å²) in [6.07, 6.45) is 0. The molecule has 2 atom stereocenters. The van der Waals surface area contributed by atoms with Crippen molar-refractivity contribution in [2.24, 2.45) is 0 Å². The van der Waals surface area contributed by atoms with Crippen LogP contribution in [0.25, 0.3) is 11.1 Å². The third-order valence-electron chi connectivity index (χ3n) is 5.59. The van der Waals surface area contributed by atoms with Gasteiger partial charge in [-0.3, -0.25) is 4.79 Å². The summed E-state index contributed by atoms with van der Waals surface area (Å²) in [5.41, 5.74) is 3.98. The van der Waals surface area contributed by atoms with Crippen LogP contribution in [0.4, 0.5) is 0 Å².